The van der Waals surface area contributed by atoms with Crippen LogP contribution in [0.4, 0.5) is 9.18 Å². The SMILES string of the molecule is CC(C)N(Cc1ccccc1)C(=O)CN1C(=O)NC(C)(c2ccc(F)cc2)C1=O. The molecule has 0 bridgehead atoms. The molecule has 6 nitrogen and oxygen atoms in total. The summed E-state index contributed by atoms with van der Waals surface area (Å²) in [5.41, 5.74) is 0.0766. The Morgan fingerprint density at radius 3 is 2.31 bits per heavy atom. The Kier molecular flexibility index (Phi) is 5.68. The summed E-state index contributed by atoms with van der Waals surface area (Å²) in [6, 6.07) is 14.1. The largest absolute Gasteiger partial charge is 0.334 e. The van der Waals surface area contributed by atoms with Crippen LogP contribution in [0.15, 0.2) is 54.6 Å². The Bertz CT molecular complexity index is 915. The number of carbonyl (C=O) groups excluding carboxylic acids is 3. The maximum absolute atomic E-state index is 13.2. The van der Waals surface area contributed by atoms with Gasteiger partial charge in [-0.3, -0.25) is 14.5 Å². The van der Waals surface area contributed by atoms with Crippen LogP contribution in [0, 0.1) is 5.82 Å². The van der Waals surface area contributed by atoms with Gasteiger partial charge < -0.3 is 10.2 Å². The van der Waals surface area contributed by atoms with Crippen LogP contribution in [0.5, 0.6) is 0 Å². The fourth-order valence-electron chi connectivity index (χ4n) is 3.38. The molecular weight excluding hydrogens is 373 g/mol. The molecule has 1 heterocycles. The molecule has 1 atom stereocenters. The highest BCUT2D eigenvalue weighted by molar-refractivity contribution is 6.09. The van der Waals surface area contributed by atoms with Crippen molar-refractivity contribution >= 4 is 17.8 Å². The first-order valence-electron chi connectivity index (χ1n) is 9.46. The van der Waals surface area contributed by atoms with Crippen molar-refractivity contribution in [3.63, 3.8) is 0 Å². The zero-order chi connectivity index (χ0) is 21.2. The average Bonchev–Trinajstić information content (AvgIpc) is 2.91. The van der Waals surface area contributed by atoms with Crippen LogP contribution < -0.4 is 5.32 Å². The molecule has 1 saturated heterocycles. The average molecular weight is 397 g/mol. The highest BCUT2D eigenvalue weighted by Gasteiger charge is 2.49. The summed E-state index contributed by atoms with van der Waals surface area (Å²) < 4.78 is 13.2. The third-order valence-corrected chi connectivity index (χ3v) is 5.13. The quantitative estimate of drug-likeness (QED) is 0.762. The predicted molar refractivity (Wildman–Crippen MR) is 106 cm³/mol. The zero-order valence-electron chi connectivity index (χ0n) is 16.7. The van der Waals surface area contributed by atoms with E-state index in [2.05, 4.69) is 5.32 Å². The second kappa shape index (κ2) is 8.03. The molecule has 0 radical (unpaired) electrons. The van der Waals surface area contributed by atoms with Gasteiger partial charge in [0.05, 0.1) is 0 Å². The molecule has 0 spiro atoms. The monoisotopic (exact) mass is 397 g/mol. The summed E-state index contributed by atoms with van der Waals surface area (Å²) in [6.45, 7) is 5.35. The van der Waals surface area contributed by atoms with Crippen LogP contribution in [-0.4, -0.2) is 40.2 Å². The van der Waals surface area contributed by atoms with Gasteiger partial charge in [0, 0.05) is 12.6 Å². The second-order valence-corrected chi connectivity index (χ2v) is 7.55. The van der Waals surface area contributed by atoms with E-state index in [1.165, 1.54) is 24.3 Å². The maximum Gasteiger partial charge on any atom is 0.325 e. The highest BCUT2D eigenvalue weighted by Crippen LogP contribution is 2.29. The Hall–Kier alpha value is -3.22. The summed E-state index contributed by atoms with van der Waals surface area (Å²) in [5, 5.41) is 2.63. The van der Waals surface area contributed by atoms with Crippen LogP contribution in [0.2, 0.25) is 0 Å². The second-order valence-electron chi connectivity index (χ2n) is 7.55. The van der Waals surface area contributed by atoms with E-state index >= 15 is 0 Å². The molecule has 0 saturated carbocycles. The van der Waals surface area contributed by atoms with Gasteiger partial charge in [-0.05, 0) is 44.0 Å². The number of nitrogens with zero attached hydrogens (tertiary/aromatic N) is 2. The van der Waals surface area contributed by atoms with Crippen molar-refractivity contribution in [2.45, 2.75) is 38.9 Å². The normalized spacial score (nSPS) is 18.9. The molecule has 1 aliphatic rings. The first-order chi connectivity index (χ1) is 13.7. The van der Waals surface area contributed by atoms with Crippen molar-refractivity contribution in [3.8, 4) is 0 Å². The molecule has 1 N–H and O–H groups in total. The predicted octanol–water partition coefficient (Wildman–Crippen LogP) is 3.03. The molecule has 0 aromatic heterocycles. The lowest BCUT2D eigenvalue weighted by molar-refractivity contribution is -0.140. The summed E-state index contributed by atoms with van der Waals surface area (Å²) >= 11 is 0. The summed E-state index contributed by atoms with van der Waals surface area (Å²) in [5.74, 6) is -1.30. The molecule has 4 amide bonds. The molecule has 1 unspecified atom stereocenters. The van der Waals surface area contributed by atoms with Gasteiger partial charge in [0.2, 0.25) is 5.91 Å². The number of carbonyl (C=O) groups is 3. The minimum absolute atomic E-state index is 0.105. The van der Waals surface area contributed by atoms with E-state index in [9.17, 15) is 18.8 Å². The third-order valence-electron chi connectivity index (χ3n) is 5.13. The van der Waals surface area contributed by atoms with Crippen molar-refractivity contribution in [3.05, 3.63) is 71.5 Å². The number of hydrogen-bond acceptors (Lipinski definition) is 3. The van der Waals surface area contributed by atoms with E-state index in [1.54, 1.807) is 11.8 Å². The van der Waals surface area contributed by atoms with Crippen LogP contribution in [0.25, 0.3) is 0 Å². The van der Waals surface area contributed by atoms with Gasteiger partial charge in [0.1, 0.15) is 17.9 Å². The van der Waals surface area contributed by atoms with E-state index < -0.39 is 23.3 Å². The highest BCUT2D eigenvalue weighted by atomic mass is 19.1. The molecular formula is C22H24FN3O3. The standard InChI is InChI=1S/C22H24FN3O3/c1-15(2)25(13-16-7-5-4-6-8-16)19(27)14-26-20(28)22(3,24-21(26)29)17-9-11-18(23)12-10-17/h4-12,15H,13-14H2,1-3H3,(H,24,29). The van der Waals surface area contributed by atoms with E-state index in [0.717, 1.165) is 10.5 Å². The molecule has 0 aliphatic carbocycles. The van der Waals surface area contributed by atoms with E-state index in [-0.39, 0.29) is 18.5 Å². The maximum atomic E-state index is 13.2. The summed E-state index contributed by atoms with van der Waals surface area (Å²) in [6.07, 6.45) is 0. The van der Waals surface area contributed by atoms with Gasteiger partial charge in [-0.25, -0.2) is 9.18 Å². The van der Waals surface area contributed by atoms with Crippen molar-refractivity contribution in [1.82, 2.24) is 15.1 Å². The molecule has 29 heavy (non-hydrogen) atoms. The Morgan fingerprint density at radius 2 is 1.72 bits per heavy atom. The number of urea groups is 1. The first-order valence-corrected chi connectivity index (χ1v) is 9.46. The van der Waals surface area contributed by atoms with E-state index in [1.807, 2.05) is 44.2 Å². The Labute approximate surface area is 169 Å². The lowest BCUT2D eigenvalue weighted by Gasteiger charge is -2.28. The minimum atomic E-state index is -1.34. The van der Waals surface area contributed by atoms with Crippen LogP contribution in [0.3, 0.4) is 0 Å². The molecule has 7 heteroatoms. The molecule has 2 aromatic rings. The number of rotatable bonds is 6. The molecule has 1 aliphatic heterocycles. The van der Waals surface area contributed by atoms with Gasteiger partial charge in [0.15, 0.2) is 0 Å². The molecule has 3 rings (SSSR count). The fraction of sp³-hybridized carbons (Fsp3) is 0.318. The van der Waals surface area contributed by atoms with E-state index in [0.29, 0.717) is 12.1 Å². The van der Waals surface area contributed by atoms with Gasteiger partial charge in [-0.2, -0.15) is 0 Å². The van der Waals surface area contributed by atoms with Gasteiger partial charge in [-0.1, -0.05) is 42.5 Å². The Morgan fingerprint density at radius 1 is 1.10 bits per heavy atom. The number of halogens is 1. The van der Waals surface area contributed by atoms with Crippen molar-refractivity contribution in [2.75, 3.05) is 6.54 Å². The number of benzene rings is 2. The molecule has 152 valence electrons. The third kappa shape index (κ3) is 4.13. The smallest absolute Gasteiger partial charge is 0.325 e. The first kappa shape index (κ1) is 20.5. The number of hydrogen-bond donors (Lipinski definition) is 1. The van der Waals surface area contributed by atoms with Crippen molar-refractivity contribution < 1.29 is 18.8 Å². The van der Waals surface area contributed by atoms with Gasteiger partial charge in [0.25, 0.3) is 5.91 Å². The number of amides is 4. The van der Waals surface area contributed by atoms with Crippen molar-refractivity contribution in [1.29, 1.82) is 0 Å². The van der Waals surface area contributed by atoms with Crippen LogP contribution >= 0.6 is 0 Å². The summed E-state index contributed by atoms with van der Waals surface area (Å²) in [4.78, 5) is 40.9. The van der Waals surface area contributed by atoms with Gasteiger partial charge in [-0.15, -0.1) is 0 Å². The summed E-state index contributed by atoms with van der Waals surface area (Å²) in [7, 11) is 0. The number of imide groups is 1. The fourth-order valence-corrected chi connectivity index (χ4v) is 3.38. The molecule has 2 aromatic carbocycles. The minimum Gasteiger partial charge on any atom is -0.334 e. The number of nitrogens with one attached hydrogen (secondary N) is 1. The van der Waals surface area contributed by atoms with E-state index in [4.69, 9.17) is 0 Å². The van der Waals surface area contributed by atoms with Crippen molar-refractivity contribution in [2.24, 2.45) is 0 Å². The lowest BCUT2D eigenvalue weighted by atomic mass is 9.92. The molecule has 1 fully saturated rings. The Balaban J connectivity index is 1.77. The lowest BCUT2D eigenvalue weighted by Crippen LogP contribution is -2.46. The topological polar surface area (TPSA) is 69.7 Å². The van der Waals surface area contributed by atoms with Crippen LogP contribution in [0.1, 0.15) is 31.9 Å². The van der Waals surface area contributed by atoms with Crippen LogP contribution in [-0.2, 0) is 21.7 Å². The van der Waals surface area contributed by atoms with Gasteiger partial charge >= 0.3 is 6.03 Å². The zero-order valence-corrected chi connectivity index (χ0v) is 16.7.